The monoisotopic (exact) mass is 493 g/mol. The lowest BCUT2D eigenvalue weighted by Gasteiger charge is -2.32. The molecule has 12 heteroatoms. The molecule has 1 aliphatic heterocycles. The molecule has 2 aromatic carbocycles. The van der Waals surface area contributed by atoms with E-state index in [2.05, 4.69) is 5.32 Å². The molecular formula is C23H22F3N3O6. The fourth-order valence-corrected chi connectivity index (χ4v) is 3.38. The maximum Gasteiger partial charge on any atom is 0.416 e. The smallest absolute Gasteiger partial charge is 0.416 e. The summed E-state index contributed by atoms with van der Waals surface area (Å²) in [5, 5.41) is 2.87. The molecule has 1 saturated heterocycles. The van der Waals surface area contributed by atoms with Crippen molar-refractivity contribution in [3.05, 3.63) is 53.6 Å². The highest BCUT2D eigenvalue weighted by atomic mass is 19.4. The summed E-state index contributed by atoms with van der Waals surface area (Å²) >= 11 is 0. The number of urea groups is 1. The van der Waals surface area contributed by atoms with Gasteiger partial charge in [0.1, 0.15) is 11.5 Å². The minimum absolute atomic E-state index is 0.154. The number of carbonyl (C=O) groups is 4. The normalized spacial score (nSPS) is 16.7. The zero-order valence-electron chi connectivity index (χ0n) is 19.2. The Morgan fingerprint density at radius 1 is 1.00 bits per heavy atom. The van der Waals surface area contributed by atoms with Crippen molar-refractivity contribution in [2.45, 2.75) is 25.9 Å². The molecule has 0 aliphatic carbocycles. The van der Waals surface area contributed by atoms with E-state index in [4.69, 9.17) is 9.57 Å². The van der Waals surface area contributed by atoms with Crippen molar-refractivity contribution in [2.24, 2.45) is 5.92 Å². The van der Waals surface area contributed by atoms with E-state index in [1.807, 2.05) is 13.8 Å². The number of amides is 5. The molecule has 0 saturated carbocycles. The number of nitrogens with one attached hydrogen (secondary N) is 1. The Bertz CT molecular complexity index is 1160. The molecule has 1 unspecified atom stereocenters. The Morgan fingerprint density at radius 2 is 1.60 bits per heavy atom. The number of anilines is 1. The van der Waals surface area contributed by atoms with Crippen LogP contribution in [0.15, 0.2) is 42.5 Å². The van der Waals surface area contributed by atoms with Gasteiger partial charge in [-0.05, 0) is 53.9 Å². The molecule has 5 amide bonds. The molecule has 9 nitrogen and oxygen atoms in total. The maximum absolute atomic E-state index is 12.9. The van der Waals surface area contributed by atoms with Crippen molar-refractivity contribution < 1.29 is 41.9 Å². The number of nitrogens with zero attached hydrogens (tertiary/aromatic N) is 2. The third-order valence-electron chi connectivity index (χ3n) is 5.25. The predicted molar refractivity (Wildman–Crippen MR) is 116 cm³/mol. The zero-order valence-corrected chi connectivity index (χ0v) is 19.2. The molecule has 0 radical (unpaired) electrons. The number of alkyl halides is 3. The van der Waals surface area contributed by atoms with Crippen LogP contribution in [0.25, 0.3) is 0 Å². The quantitative estimate of drug-likeness (QED) is 0.606. The highest BCUT2D eigenvalue weighted by Gasteiger charge is 2.49. The SMILES string of the molecule is CON1C(=O)C(C(=O)Nc2ccc(Oc3ccc(C(F)(F)F)cc3)cc2C(C)C)C(=O)N(C)C1=O. The summed E-state index contributed by atoms with van der Waals surface area (Å²) in [6.45, 7) is 3.64. The highest BCUT2D eigenvalue weighted by molar-refractivity contribution is 6.27. The van der Waals surface area contributed by atoms with Crippen molar-refractivity contribution in [3.63, 3.8) is 0 Å². The Morgan fingerprint density at radius 3 is 2.14 bits per heavy atom. The van der Waals surface area contributed by atoms with Gasteiger partial charge in [0.2, 0.25) is 5.91 Å². The Kier molecular flexibility index (Phi) is 7.15. The van der Waals surface area contributed by atoms with Gasteiger partial charge in [-0.3, -0.25) is 24.1 Å². The number of benzene rings is 2. The summed E-state index contributed by atoms with van der Waals surface area (Å²) in [5.41, 5.74) is 0.0531. The first-order valence-electron chi connectivity index (χ1n) is 10.3. The van der Waals surface area contributed by atoms with Crippen LogP contribution in [0.1, 0.15) is 30.9 Å². The van der Waals surface area contributed by atoms with Gasteiger partial charge in [-0.25, -0.2) is 4.79 Å². The van der Waals surface area contributed by atoms with E-state index in [9.17, 15) is 32.3 Å². The van der Waals surface area contributed by atoms with Crippen molar-refractivity contribution in [2.75, 3.05) is 19.5 Å². The van der Waals surface area contributed by atoms with Crippen LogP contribution in [0.2, 0.25) is 0 Å². The molecule has 1 N–H and O–H groups in total. The van der Waals surface area contributed by atoms with Crippen molar-refractivity contribution >= 4 is 29.4 Å². The van der Waals surface area contributed by atoms with Crippen molar-refractivity contribution in [1.82, 2.24) is 9.96 Å². The van der Waals surface area contributed by atoms with Crippen LogP contribution >= 0.6 is 0 Å². The van der Waals surface area contributed by atoms with E-state index in [0.717, 1.165) is 26.3 Å². The van der Waals surface area contributed by atoms with Crippen molar-refractivity contribution in [1.29, 1.82) is 0 Å². The second kappa shape index (κ2) is 9.74. The average Bonchev–Trinajstić information content (AvgIpc) is 2.78. The molecule has 1 heterocycles. The fraction of sp³-hybridized carbons (Fsp3) is 0.304. The van der Waals surface area contributed by atoms with E-state index in [-0.39, 0.29) is 17.4 Å². The van der Waals surface area contributed by atoms with E-state index in [0.29, 0.717) is 21.3 Å². The first-order chi connectivity index (χ1) is 16.3. The van der Waals surface area contributed by atoms with Gasteiger partial charge in [0, 0.05) is 12.7 Å². The number of ether oxygens (including phenoxy) is 1. The largest absolute Gasteiger partial charge is 0.457 e. The third kappa shape index (κ3) is 5.27. The zero-order chi connectivity index (χ0) is 26.1. The number of barbiturate groups is 1. The summed E-state index contributed by atoms with van der Waals surface area (Å²) in [4.78, 5) is 55.1. The van der Waals surface area contributed by atoms with Crippen LogP contribution in [0, 0.1) is 5.92 Å². The van der Waals surface area contributed by atoms with Crippen LogP contribution in [-0.2, 0) is 25.4 Å². The lowest BCUT2D eigenvalue weighted by atomic mass is 9.99. The molecular weight excluding hydrogens is 471 g/mol. The molecule has 0 aromatic heterocycles. The first-order valence-corrected chi connectivity index (χ1v) is 10.3. The minimum Gasteiger partial charge on any atom is -0.457 e. The van der Waals surface area contributed by atoms with E-state index < -0.39 is 41.4 Å². The summed E-state index contributed by atoms with van der Waals surface area (Å²) in [5.74, 6) is -4.59. The Hall–Kier alpha value is -3.93. The second-order valence-corrected chi connectivity index (χ2v) is 7.95. The van der Waals surface area contributed by atoms with Gasteiger partial charge in [-0.15, -0.1) is 5.06 Å². The number of carbonyl (C=O) groups excluding carboxylic acids is 4. The molecule has 1 aliphatic rings. The first kappa shape index (κ1) is 25.7. The molecule has 186 valence electrons. The molecule has 2 aromatic rings. The summed E-state index contributed by atoms with van der Waals surface area (Å²) in [7, 11) is 2.18. The topological polar surface area (TPSA) is 105 Å². The van der Waals surface area contributed by atoms with Gasteiger partial charge in [0.25, 0.3) is 11.8 Å². The van der Waals surface area contributed by atoms with Crippen LogP contribution in [0.4, 0.5) is 23.7 Å². The highest BCUT2D eigenvalue weighted by Crippen LogP contribution is 2.34. The van der Waals surface area contributed by atoms with E-state index in [1.165, 1.54) is 24.3 Å². The molecule has 35 heavy (non-hydrogen) atoms. The number of halogens is 3. The van der Waals surface area contributed by atoms with Gasteiger partial charge in [-0.2, -0.15) is 13.2 Å². The predicted octanol–water partition coefficient (Wildman–Crippen LogP) is 4.16. The summed E-state index contributed by atoms with van der Waals surface area (Å²) < 4.78 is 43.9. The van der Waals surface area contributed by atoms with Crippen molar-refractivity contribution in [3.8, 4) is 11.5 Å². The van der Waals surface area contributed by atoms with Crippen LogP contribution < -0.4 is 10.1 Å². The van der Waals surface area contributed by atoms with Gasteiger partial charge in [0.15, 0.2) is 5.92 Å². The lowest BCUT2D eigenvalue weighted by molar-refractivity contribution is -0.178. The number of hydrogen-bond acceptors (Lipinski definition) is 6. The molecule has 1 atom stereocenters. The van der Waals surface area contributed by atoms with E-state index >= 15 is 0 Å². The second-order valence-electron chi connectivity index (χ2n) is 7.95. The van der Waals surface area contributed by atoms with Crippen LogP contribution in [0.3, 0.4) is 0 Å². The van der Waals surface area contributed by atoms with Gasteiger partial charge < -0.3 is 10.1 Å². The number of hydrogen-bond donors (Lipinski definition) is 1. The van der Waals surface area contributed by atoms with Crippen LogP contribution in [0.5, 0.6) is 11.5 Å². The summed E-state index contributed by atoms with van der Waals surface area (Å²) in [6, 6.07) is 7.69. The van der Waals surface area contributed by atoms with E-state index in [1.54, 1.807) is 6.07 Å². The van der Waals surface area contributed by atoms with Gasteiger partial charge in [0.05, 0.1) is 12.7 Å². The minimum atomic E-state index is -4.47. The van der Waals surface area contributed by atoms with Gasteiger partial charge in [-0.1, -0.05) is 13.8 Å². The molecule has 3 rings (SSSR count). The molecule has 1 fully saturated rings. The van der Waals surface area contributed by atoms with Crippen LogP contribution in [-0.4, -0.2) is 47.9 Å². The number of imide groups is 2. The summed E-state index contributed by atoms with van der Waals surface area (Å²) in [6.07, 6.45) is -4.47. The standard InChI is InChI=1S/C23H22F3N3O6/c1-12(2)16-11-15(35-14-7-5-13(6-8-14)23(24,25)26)9-10-17(16)27-19(30)18-20(31)28(3)22(33)29(34-4)21(18)32/h5-12,18H,1-4H3,(H,27,30). The maximum atomic E-state index is 12.9. The Labute approximate surface area is 198 Å². The average molecular weight is 493 g/mol. The number of rotatable bonds is 6. The Balaban J connectivity index is 1.83. The third-order valence-corrected chi connectivity index (χ3v) is 5.25. The lowest BCUT2D eigenvalue weighted by Crippen LogP contribution is -2.60. The molecule has 0 bridgehead atoms. The number of hydroxylamine groups is 2. The van der Waals surface area contributed by atoms with Gasteiger partial charge >= 0.3 is 12.2 Å². The molecule has 0 spiro atoms. The fourth-order valence-electron chi connectivity index (χ4n) is 3.38.